The second-order valence-corrected chi connectivity index (χ2v) is 11.1. The number of aliphatic imine (C=N–C) groups is 1. The summed E-state index contributed by atoms with van der Waals surface area (Å²) >= 11 is 7.61. The van der Waals surface area contributed by atoms with Gasteiger partial charge in [-0.2, -0.15) is 4.99 Å². The highest BCUT2D eigenvalue weighted by Gasteiger charge is 2.44. The van der Waals surface area contributed by atoms with Gasteiger partial charge >= 0.3 is 0 Å². The van der Waals surface area contributed by atoms with Gasteiger partial charge in [0.25, 0.3) is 5.91 Å². The summed E-state index contributed by atoms with van der Waals surface area (Å²) in [7, 11) is 0. The monoisotopic (exact) mass is 466 g/mol. The summed E-state index contributed by atoms with van der Waals surface area (Å²) in [6.45, 7) is 8.74. The molecular weight excluding hydrogens is 440 g/mol. The number of nitrogens with zero attached hydrogens (tertiary/aromatic N) is 2. The Kier molecular flexibility index (Phi) is 5.47. The lowest BCUT2D eigenvalue weighted by atomic mass is 9.81. The highest BCUT2D eigenvalue weighted by atomic mass is 35.5. The number of ether oxygens (including phenoxy) is 1. The standard InChI is InChI=1S/C26H27ClN2O2S/c1-25(2,3)21(17-8-10-19(27)11-9-17)22-23(30)28-24(32-22)29-14-12-26(13-15-29)20-7-5-4-6-18(20)16-31-26/h4-11H,12-16H2,1-3H3/b22-21+. The average Bonchev–Trinajstić information content (AvgIpc) is 3.31. The minimum Gasteiger partial charge on any atom is -0.365 e. The topological polar surface area (TPSA) is 41.9 Å². The van der Waals surface area contributed by atoms with E-state index in [2.05, 4.69) is 54.9 Å². The first-order chi connectivity index (χ1) is 15.3. The highest BCUT2D eigenvalue weighted by Crippen LogP contribution is 2.47. The van der Waals surface area contributed by atoms with Gasteiger partial charge in [0.2, 0.25) is 0 Å². The van der Waals surface area contributed by atoms with E-state index in [9.17, 15) is 4.79 Å². The maximum absolute atomic E-state index is 13.0. The number of likely N-dealkylation sites (tertiary alicyclic amines) is 1. The Bertz CT molecular complexity index is 1120. The Morgan fingerprint density at radius 3 is 2.47 bits per heavy atom. The minimum atomic E-state index is -0.204. The molecule has 0 aliphatic carbocycles. The molecule has 0 N–H and O–H groups in total. The average molecular weight is 467 g/mol. The molecule has 6 heteroatoms. The van der Waals surface area contributed by atoms with Crippen molar-refractivity contribution in [2.45, 2.75) is 45.8 Å². The largest absolute Gasteiger partial charge is 0.365 e. The van der Waals surface area contributed by atoms with Crippen LogP contribution in [0.1, 0.15) is 50.3 Å². The number of carbonyl (C=O) groups excluding carboxylic acids is 1. The number of thioether (sulfide) groups is 1. The van der Waals surface area contributed by atoms with Crippen molar-refractivity contribution >= 4 is 40.0 Å². The molecule has 1 spiro atoms. The number of halogens is 1. The number of hydrogen-bond acceptors (Lipinski definition) is 4. The van der Waals surface area contributed by atoms with Gasteiger partial charge in [0, 0.05) is 18.1 Å². The molecule has 0 bridgehead atoms. The first-order valence-electron chi connectivity index (χ1n) is 11.1. The third kappa shape index (κ3) is 3.81. The second-order valence-electron chi connectivity index (χ2n) is 9.69. The molecule has 3 aliphatic heterocycles. The van der Waals surface area contributed by atoms with Gasteiger partial charge in [0.15, 0.2) is 5.17 Å². The molecule has 5 rings (SSSR count). The third-order valence-electron chi connectivity index (χ3n) is 6.55. The lowest BCUT2D eigenvalue weighted by Crippen LogP contribution is -2.44. The van der Waals surface area contributed by atoms with E-state index in [0.717, 1.165) is 47.1 Å². The van der Waals surface area contributed by atoms with Gasteiger partial charge in [-0.25, -0.2) is 0 Å². The second kappa shape index (κ2) is 8.05. The number of hydrogen-bond donors (Lipinski definition) is 0. The number of piperidine rings is 1. The maximum atomic E-state index is 13.0. The molecule has 32 heavy (non-hydrogen) atoms. The Hall–Kier alpha value is -2.08. The Morgan fingerprint density at radius 1 is 1.09 bits per heavy atom. The zero-order chi connectivity index (χ0) is 22.5. The first-order valence-corrected chi connectivity index (χ1v) is 12.3. The first kappa shape index (κ1) is 21.7. The minimum absolute atomic E-state index is 0.146. The van der Waals surface area contributed by atoms with Crippen molar-refractivity contribution in [3.63, 3.8) is 0 Å². The van der Waals surface area contributed by atoms with Crippen molar-refractivity contribution < 1.29 is 9.53 Å². The summed E-state index contributed by atoms with van der Waals surface area (Å²) < 4.78 is 6.30. The fraction of sp³-hybridized carbons (Fsp3) is 0.385. The molecule has 2 aromatic rings. The van der Waals surface area contributed by atoms with Gasteiger partial charge in [-0.05, 0) is 64.4 Å². The predicted molar refractivity (Wildman–Crippen MR) is 132 cm³/mol. The van der Waals surface area contributed by atoms with E-state index in [1.807, 2.05) is 24.3 Å². The van der Waals surface area contributed by atoms with E-state index in [1.165, 1.54) is 22.9 Å². The quantitative estimate of drug-likeness (QED) is 0.466. The SMILES string of the molecule is CC(C)(C)/C(=C1/SC(N2CCC3(CC2)OCc2ccccc23)=NC1=O)c1ccc(Cl)cc1. The molecule has 0 saturated carbocycles. The smallest absolute Gasteiger partial charge is 0.286 e. The van der Waals surface area contributed by atoms with Gasteiger partial charge in [0.1, 0.15) is 0 Å². The number of carbonyl (C=O) groups is 1. The lowest BCUT2D eigenvalue weighted by molar-refractivity contribution is -0.113. The molecule has 0 aromatic heterocycles. The van der Waals surface area contributed by atoms with Crippen molar-refractivity contribution in [1.82, 2.24) is 4.90 Å². The number of allylic oxidation sites excluding steroid dienone is 1. The number of benzene rings is 2. The zero-order valence-electron chi connectivity index (χ0n) is 18.7. The summed E-state index contributed by atoms with van der Waals surface area (Å²) in [5, 5.41) is 1.49. The van der Waals surface area contributed by atoms with Crippen molar-refractivity contribution in [3.05, 3.63) is 75.1 Å². The van der Waals surface area contributed by atoms with Crippen LogP contribution in [-0.2, 0) is 21.7 Å². The van der Waals surface area contributed by atoms with Gasteiger partial charge in [0.05, 0.1) is 17.1 Å². The number of fused-ring (bicyclic) bond motifs is 2. The molecular formula is C26H27ClN2O2S. The predicted octanol–water partition coefficient (Wildman–Crippen LogP) is 6.25. The van der Waals surface area contributed by atoms with Crippen LogP contribution >= 0.6 is 23.4 Å². The molecule has 0 unspecified atom stereocenters. The number of rotatable bonds is 1. The van der Waals surface area contributed by atoms with Crippen LogP contribution in [0.15, 0.2) is 58.4 Å². The van der Waals surface area contributed by atoms with Gasteiger partial charge in [-0.15, -0.1) is 0 Å². The molecule has 4 nitrogen and oxygen atoms in total. The van der Waals surface area contributed by atoms with Crippen molar-refractivity contribution in [1.29, 1.82) is 0 Å². The third-order valence-corrected chi connectivity index (χ3v) is 7.92. The molecule has 1 saturated heterocycles. The van der Waals surface area contributed by atoms with Crippen molar-refractivity contribution in [3.8, 4) is 0 Å². The normalized spacial score (nSPS) is 21.7. The Balaban J connectivity index is 1.38. The number of amidine groups is 1. The summed E-state index contributed by atoms with van der Waals surface area (Å²) in [5.41, 5.74) is 4.26. The van der Waals surface area contributed by atoms with Crippen LogP contribution in [0.4, 0.5) is 0 Å². The van der Waals surface area contributed by atoms with E-state index < -0.39 is 0 Å². The van der Waals surface area contributed by atoms with Crippen molar-refractivity contribution in [2.24, 2.45) is 10.4 Å². The van der Waals surface area contributed by atoms with Crippen LogP contribution in [0.3, 0.4) is 0 Å². The van der Waals surface area contributed by atoms with Crippen LogP contribution in [-0.4, -0.2) is 29.1 Å². The van der Waals surface area contributed by atoms with Crippen LogP contribution in [0, 0.1) is 5.41 Å². The summed E-state index contributed by atoms with van der Waals surface area (Å²) in [6, 6.07) is 16.3. The van der Waals surface area contributed by atoms with E-state index >= 15 is 0 Å². The van der Waals surface area contributed by atoms with E-state index in [-0.39, 0.29) is 16.9 Å². The van der Waals surface area contributed by atoms with E-state index in [0.29, 0.717) is 11.6 Å². The highest BCUT2D eigenvalue weighted by molar-refractivity contribution is 8.18. The molecule has 166 valence electrons. The van der Waals surface area contributed by atoms with Gasteiger partial charge in [-0.1, -0.05) is 68.8 Å². The zero-order valence-corrected chi connectivity index (χ0v) is 20.2. The summed E-state index contributed by atoms with van der Waals surface area (Å²) in [5.74, 6) is -0.146. The molecule has 1 fully saturated rings. The fourth-order valence-electron chi connectivity index (χ4n) is 4.97. The van der Waals surface area contributed by atoms with Crippen LogP contribution in [0.5, 0.6) is 0 Å². The van der Waals surface area contributed by atoms with Gasteiger partial charge < -0.3 is 9.64 Å². The van der Waals surface area contributed by atoms with E-state index in [1.54, 1.807) is 0 Å². The molecule has 3 heterocycles. The fourth-order valence-corrected chi connectivity index (χ4v) is 6.37. The summed E-state index contributed by atoms with van der Waals surface area (Å²) in [6.07, 6.45) is 1.81. The van der Waals surface area contributed by atoms with E-state index in [4.69, 9.17) is 16.3 Å². The lowest BCUT2D eigenvalue weighted by Gasteiger charge is -2.39. The molecule has 0 atom stereocenters. The molecule has 2 aromatic carbocycles. The number of amides is 1. The van der Waals surface area contributed by atoms with Crippen LogP contribution in [0.25, 0.3) is 5.57 Å². The summed E-state index contributed by atoms with van der Waals surface area (Å²) in [4.78, 5) is 20.5. The molecule has 3 aliphatic rings. The maximum Gasteiger partial charge on any atom is 0.286 e. The Morgan fingerprint density at radius 2 is 1.78 bits per heavy atom. The van der Waals surface area contributed by atoms with Gasteiger partial charge in [-0.3, -0.25) is 4.79 Å². The Labute approximate surface area is 198 Å². The molecule has 1 amide bonds. The van der Waals surface area contributed by atoms with Crippen LogP contribution in [0.2, 0.25) is 5.02 Å². The molecule has 0 radical (unpaired) electrons. The van der Waals surface area contributed by atoms with Crippen LogP contribution < -0.4 is 0 Å². The van der Waals surface area contributed by atoms with Crippen molar-refractivity contribution in [2.75, 3.05) is 13.1 Å².